The maximum Gasteiger partial charge on any atom is 0.0784 e. The third kappa shape index (κ3) is 5.50. The van der Waals surface area contributed by atoms with E-state index in [0.29, 0.717) is 10.0 Å². The smallest absolute Gasteiger partial charge is 0.0784 e. The highest BCUT2D eigenvalue weighted by Gasteiger charge is 2.23. The van der Waals surface area contributed by atoms with Crippen molar-refractivity contribution < 1.29 is 9.47 Å². The molecule has 1 aliphatic rings. The molecule has 90 valence electrons. The molecule has 0 bridgehead atoms. The van der Waals surface area contributed by atoms with Gasteiger partial charge in [-0.25, -0.2) is 0 Å². The van der Waals surface area contributed by atoms with Crippen molar-refractivity contribution in [1.29, 1.82) is 0 Å². The number of rotatable bonds is 5. The zero-order valence-electron chi connectivity index (χ0n) is 9.88. The van der Waals surface area contributed by atoms with Crippen molar-refractivity contribution in [3.8, 4) is 0 Å². The molecule has 3 unspecified atom stereocenters. The van der Waals surface area contributed by atoms with Crippen molar-refractivity contribution in [2.75, 3.05) is 13.2 Å². The van der Waals surface area contributed by atoms with E-state index < -0.39 is 0 Å². The molecule has 0 aromatic carbocycles. The van der Waals surface area contributed by atoms with Gasteiger partial charge in [0, 0.05) is 10.5 Å². The number of hydrogen-bond acceptors (Lipinski definition) is 2. The van der Waals surface area contributed by atoms with Gasteiger partial charge in [0.1, 0.15) is 0 Å². The number of halogens is 1. The molecule has 1 rings (SSSR count). The minimum atomic E-state index is 0.241. The summed E-state index contributed by atoms with van der Waals surface area (Å²) in [4.78, 5) is 0. The minimum Gasteiger partial charge on any atom is -0.379 e. The predicted octanol–water partition coefficient (Wildman–Crippen LogP) is 3.56. The lowest BCUT2D eigenvalue weighted by molar-refractivity contribution is -0.0470. The maximum atomic E-state index is 6.05. The normalized spacial score (nSPS) is 29.8. The van der Waals surface area contributed by atoms with Crippen LogP contribution in [-0.4, -0.2) is 29.3 Å². The Morgan fingerprint density at radius 1 is 1.27 bits per heavy atom. The van der Waals surface area contributed by atoms with E-state index in [1.165, 1.54) is 32.1 Å². The molecule has 0 aliphatic heterocycles. The molecule has 0 saturated heterocycles. The van der Waals surface area contributed by atoms with E-state index in [9.17, 15) is 0 Å². The molecular formula is C12H23IO2. The van der Waals surface area contributed by atoms with Gasteiger partial charge in [-0.05, 0) is 26.7 Å². The van der Waals surface area contributed by atoms with Gasteiger partial charge in [-0.1, -0.05) is 41.9 Å². The van der Waals surface area contributed by atoms with Gasteiger partial charge < -0.3 is 9.47 Å². The largest absolute Gasteiger partial charge is 0.379 e. The lowest BCUT2D eigenvalue weighted by atomic mass is 10.1. The molecule has 0 amide bonds. The highest BCUT2D eigenvalue weighted by Crippen LogP contribution is 2.27. The Kier molecular flexibility index (Phi) is 7.17. The molecule has 2 nitrogen and oxygen atoms in total. The summed E-state index contributed by atoms with van der Waals surface area (Å²) in [5, 5.41) is 0. The third-order valence-electron chi connectivity index (χ3n) is 2.84. The molecule has 0 aromatic heterocycles. The zero-order valence-corrected chi connectivity index (χ0v) is 12.0. The van der Waals surface area contributed by atoms with Crippen LogP contribution in [0.25, 0.3) is 0 Å². The van der Waals surface area contributed by atoms with Gasteiger partial charge in [0.25, 0.3) is 0 Å². The number of hydrogen-bond donors (Lipinski definition) is 0. The fourth-order valence-corrected chi connectivity index (χ4v) is 2.97. The second-order valence-corrected chi connectivity index (χ2v) is 5.90. The topological polar surface area (TPSA) is 18.5 Å². The molecule has 0 radical (unpaired) electrons. The van der Waals surface area contributed by atoms with E-state index >= 15 is 0 Å². The molecule has 3 atom stereocenters. The minimum absolute atomic E-state index is 0.241. The first-order chi connectivity index (χ1) is 7.24. The summed E-state index contributed by atoms with van der Waals surface area (Å²) in [7, 11) is 0. The summed E-state index contributed by atoms with van der Waals surface area (Å²) >= 11 is 2.55. The van der Waals surface area contributed by atoms with Crippen molar-refractivity contribution in [2.24, 2.45) is 0 Å². The molecular weight excluding hydrogens is 303 g/mol. The quantitative estimate of drug-likeness (QED) is 0.437. The molecule has 1 fully saturated rings. The first-order valence-electron chi connectivity index (χ1n) is 6.11. The summed E-state index contributed by atoms with van der Waals surface area (Å²) in [6.45, 7) is 5.66. The van der Waals surface area contributed by atoms with E-state index in [0.717, 1.165) is 13.2 Å². The van der Waals surface area contributed by atoms with Gasteiger partial charge >= 0.3 is 0 Å². The second kappa shape index (κ2) is 7.85. The second-order valence-electron chi connectivity index (χ2n) is 4.30. The van der Waals surface area contributed by atoms with Crippen LogP contribution in [0.3, 0.4) is 0 Å². The summed E-state index contributed by atoms with van der Waals surface area (Å²) in [5.74, 6) is 0. The van der Waals surface area contributed by atoms with Crippen LogP contribution in [0.5, 0.6) is 0 Å². The van der Waals surface area contributed by atoms with Crippen molar-refractivity contribution >= 4 is 22.6 Å². The van der Waals surface area contributed by atoms with Gasteiger partial charge in [0.05, 0.1) is 18.8 Å². The Hall–Kier alpha value is 0.650. The third-order valence-corrected chi connectivity index (χ3v) is 4.26. The molecule has 15 heavy (non-hydrogen) atoms. The average Bonchev–Trinajstić information content (AvgIpc) is 2.42. The first-order valence-corrected chi connectivity index (χ1v) is 7.36. The highest BCUT2D eigenvalue weighted by molar-refractivity contribution is 14.1. The van der Waals surface area contributed by atoms with Crippen LogP contribution in [0.4, 0.5) is 0 Å². The fraction of sp³-hybridized carbons (Fsp3) is 1.00. The lowest BCUT2D eigenvalue weighted by Crippen LogP contribution is -2.29. The summed E-state index contributed by atoms with van der Waals surface area (Å²) in [5.41, 5.74) is 0. The van der Waals surface area contributed by atoms with E-state index in [2.05, 4.69) is 29.5 Å². The van der Waals surface area contributed by atoms with Gasteiger partial charge in [-0.15, -0.1) is 0 Å². The standard InChI is InChI=1S/C12H23IO2/c1-3-14-9-10(2)15-12-8-6-4-5-7-11(12)13/h10-12H,3-9H2,1-2H3. The van der Waals surface area contributed by atoms with E-state index in [1.54, 1.807) is 0 Å². The predicted molar refractivity (Wildman–Crippen MR) is 71.7 cm³/mol. The van der Waals surface area contributed by atoms with Gasteiger partial charge in [0.2, 0.25) is 0 Å². The average molecular weight is 326 g/mol. The van der Waals surface area contributed by atoms with Crippen LogP contribution in [-0.2, 0) is 9.47 Å². The van der Waals surface area contributed by atoms with Crippen molar-refractivity contribution in [3.63, 3.8) is 0 Å². The maximum absolute atomic E-state index is 6.05. The molecule has 0 heterocycles. The van der Waals surface area contributed by atoms with Gasteiger partial charge in [-0.2, -0.15) is 0 Å². The SMILES string of the molecule is CCOCC(C)OC1CCCCCC1I. The highest BCUT2D eigenvalue weighted by atomic mass is 127. The van der Waals surface area contributed by atoms with Gasteiger partial charge in [0.15, 0.2) is 0 Å². The lowest BCUT2D eigenvalue weighted by Gasteiger charge is -2.24. The molecule has 0 N–H and O–H groups in total. The Balaban J connectivity index is 2.27. The van der Waals surface area contributed by atoms with Crippen LogP contribution < -0.4 is 0 Å². The summed E-state index contributed by atoms with van der Waals surface area (Å²) < 4.78 is 12.1. The zero-order chi connectivity index (χ0) is 11.1. The summed E-state index contributed by atoms with van der Waals surface area (Å²) in [6.07, 6.45) is 7.29. The Morgan fingerprint density at radius 2 is 2.00 bits per heavy atom. The van der Waals surface area contributed by atoms with Crippen molar-refractivity contribution in [2.45, 2.75) is 62.1 Å². The molecule has 0 aromatic rings. The van der Waals surface area contributed by atoms with Crippen molar-refractivity contribution in [1.82, 2.24) is 0 Å². The van der Waals surface area contributed by atoms with E-state index in [1.807, 2.05) is 6.92 Å². The van der Waals surface area contributed by atoms with Crippen LogP contribution in [0.2, 0.25) is 0 Å². The fourth-order valence-electron chi connectivity index (χ4n) is 2.00. The van der Waals surface area contributed by atoms with Crippen LogP contribution in [0.1, 0.15) is 46.0 Å². The van der Waals surface area contributed by atoms with Crippen LogP contribution in [0.15, 0.2) is 0 Å². The Labute approximate surface area is 107 Å². The Morgan fingerprint density at radius 3 is 2.73 bits per heavy atom. The van der Waals surface area contributed by atoms with E-state index in [4.69, 9.17) is 9.47 Å². The van der Waals surface area contributed by atoms with Gasteiger partial charge in [-0.3, -0.25) is 0 Å². The van der Waals surface area contributed by atoms with Crippen LogP contribution >= 0.6 is 22.6 Å². The monoisotopic (exact) mass is 326 g/mol. The summed E-state index contributed by atoms with van der Waals surface area (Å²) in [6, 6.07) is 0. The molecule has 0 spiro atoms. The molecule has 1 aliphatic carbocycles. The van der Waals surface area contributed by atoms with E-state index in [-0.39, 0.29) is 6.10 Å². The molecule has 1 saturated carbocycles. The molecule has 3 heteroatoms. The number of ether oxygens (including phenoxy) is 2. The first kappa shape index (κ1) is 13.7. The van der Waals surface area contributed by atoms with Crippen LogP contribution in [0, 0.1) is 0 Å². The number of alkyl halides is 1. The van der Waals surface area contributed by atoms with Crippen molar-refractivity contribution in [3.05, 3.63) is 0 Å². The Bertz CT molecular complexity index is 164.